The van der Waals surface area contributed by atoms with Crippen molar-refractivity contribution in [3.05, 3.63) is 35.9 Å². The van der Waals surface area contributed by atoms with E-state index in [0.717, 1.165) is 6.54 Å². The van der Waals surface area contributed by atoms with Crippen molar-refractivity contribution in [3.8, 4) is 0 Å². The molecule has 1 fully saturated rings. The highest BCUT2D eigenvalue weighted by molar-refractivity contribution is 5.14. The van der Waals surface area contributed by atoms with E-state index in [2.05, 4.69) is 42.6 Å². The van der Waals surface area contributed by atoms with E-state index in [9.17, 15) is 0 Å². The summed E-state index contributed by atoms with van der Waals surface area (Å²) in [6.45, 7) is 3.22. The zero-order valence-corrected chi connectivity index (χ0v) is 12.3. The molecule has 1 unspecified atom stereocenters. The van der Waals surface area contributed by atoms with Crippen molar-refractivity contribution in [1.29, 1.82) is 0 Å². The van der Waals surface area contributed by atoms with Gasteiger partial charge in [0, 0.05) is 13.2 Å². The second kappa shape index (κ2) is 7.06. The Morgan fingerprint density at radius 1 is 1.26 bits per heavy atom. The topological polar surface area (TPSA) is 21.3 Å². The summed E-state index contributed by atoms with van der Waals surface area (Å²) in [5.74, 6) is 0. The zero-order chi connectivity index (χ0) is 13.6. The third-order valence-electron chi connectivity index (χ3n) is 4.49. The Morgan fingerprint density at radius 2 is 2.00 bits per heavy atom. The molecule has 0 aliphatic heterocycles. The van der Waals surface area contributed by atoms with Crippen LogP contribution in [0.25, 0.3) is 0 Å². The molecular weight excluding hydrogens is 234 g/mol. The highest BCUT2D eigenvalue weighted by Crippen LogP contribution is 2.39. The van der Waals surface area contributed by atoms with Crippen molar-refractivity contribution in [3.63, 3.8) is 0 Å². The molecule has 0 spiro atoms. The predicted molar refractivity (Wildman–Crippen MR) is 80.4 cm³/mol. The van der Waals surface area contributed by atoms with Gasteiger partial charge in [-0.05, 0) is 50.6 Å². The van der Waals surface area contributed by atoms with Gasteiger partial charge >= 0.3 is 0 Å². The Hall–Kier alpha value is -0.860. The predicted octanol–water partition coefficient (Wildman–Crippen LogP) is 3.56. The van der Waals surface area contributed by atoms with Crippen molar-refractivity contribution in [2.75, 3.05) is 13.7 Å². The first-order chi connectivity index (χ1) is 9.30. The maximum absolute atomic E-state index is 5.83. The maximum Gasteiger partial charge on any atom is 0.0831 e. The normalized spacial score (nSPS) is 18.8. The molecule has 1 aromatic carbocycles. The molecule has 106 valence electrons. The highest BCUT2D eigenvalue weighted by Gasteiger charge is 2.43. The Kier molecular flexibility index (Phi) is 5.41. The summed E-state index contributed by atoms with van der Waals surface area (Å²) >= 11 is 0. The van der Waals surface area contributed by atoms with Crippen molar-refractivity contribution >= 4 is 0 Å². The van der Waals surface area contributed by atoms with Crippen LogP contribution in [0, 0.1) is 0 Å². The van der Waals surface area contributed by atoms with Crippen LogP contribution in [0.3, 0.4) is 0 Å². The van der Waals surface area contributed by atoms with E-state index in [0.29, 0.717) is 6.04 Å². The van der Waals surface area contributed by atoms with E-state index >= 15 is 0 Å². The summed E-state index contributed by atoms with van der Waals surface area (Å²) in [7, 11) is 1.88. The minimum absolute atomic E-state index is 0.118. The Labute approximate surface area is 117 Å². The van der Waals surface area contributed by atoms with Crippen LogP contribution in [-0.2, 0) is 11.2 Å². The third kappa shape index (κ3) is 3.58. The summed E-state index contributed by atoms with van der Waals surface area (Å²) < 4.78 is 5.83. The second-order valence-corrected chi connectivity index (χ2v) is 5.61. The van der Waals surface area contributed by atoms with Crippen LogP contribution in [0.5, 0.6) is 0 Å². The molecule has 1 saturated carbocycles. The first-order valence-corrected chi connectivity index (χ1v) is 7.63. The van der Waals surface area contributed by atoms with Gasteiger partial charge in [0.25, 0.3) is 0 Å². The summed E-state index contributed by atoms with van der Waals surface area (Å²) in [5, 5.41) is 3.64. The number of hydrogen-bond acceptors (Lipinski definition) is 2. The largest absolute Gasteiger partial charge is 0.377 e. The Bertz CT molecular complexity index is 353. The average molecular weight is 261 g/mol. The number of benzene rings is 1. The maximum atomic E-state index is 5.83. The number of ether oxygens (including phenoxy) is 1. The smallest absolute Gasteiger partial charge is 0.0831 e. The van der Waals surface area contributed by atoms with Crippen LogP contribution in [0.15, 0.2) is 30.3 Å². The van der Waals surface area contributed by atoms with Crippen LogP contribution in [0.4, 0.5) is 0 Å². The van der Waals surface area contributed by atoms with Gasteiger partial charge in [-0.3, -0.25) is 0 Å². The fraction of sp³-hybridized carbons (Fsp3) is 0.647. The quantitative estimate of drug-likeness (QED) is 0.772. The monoisotopic (exact) mass is 261 g/mol. The van der Waals surface area contributed by atoms with Crippen molar-refractivity contribution in [2.45, 2.75) is 57.1 Å². The van der Waals surface area contributed by atoms with Gasteiger partial charge in [-0.2, -0.15) is 0 Å². The van der Waals surface area contributed by atoms with Gasteiger partial charge in [0.15, 0.2) is 0 Å². The fourth-order valence-electron chi connectivity index (χ4n) is 3.17. The van der Waals surface area contributed by atoms with E-state index < -0.39 is 0 Å². The van der Waals surface area contributed by atoms with Gasteiger partial charge in [0.2, 0.25) is 0 Å². The Morgan fingerprint density at radius 3 is 2.53 bits per heavy atom. The third-order valence-corrected chi connectivity index (χ3v) is 4.49. The molecule has 1 aliphatic rings. The molecule has 1 atom stereocenters. The lowest BCUT2D eigenvalue weighted by Crippen LogP contribution is -2.56. The van der Waals surface area contributed by atoms with E-state index in [-0.39, 0.29) is 5.60 Å². The summed E-state index contributed by atoms with van der Waals surface area (Å²) in [6, 6.07) is 11.3. The molecule has 0 saturated heterocycles. The molecule has 0 amide bonds. The molecule has 0 bridgehead atoms. The molecule has 2 rings (SSSR count). The molecular formula is C17H27NO. The fourth-order valence-corrected chi connectivity index (χ4v) is 3.17. The molecule has 0 radical (unpaired) electrons. The van der Waals surface area contributed by atoms with Crippen LogP contribution >= 0.6 is 0 Å². The highest BCUT2D eigenvalue weighted by atomic mass is 16.5. The van der Waals surface area contributed by atoms with E-state index in [4.69, 9.17) is 4.74 Å². The van der Waals surface area contributed by atoms with Gasteiger partial charge in [0.1, 0.15) is 0 Å². The SMILES string of the molecule is CCNC(CCCc1ccccc1)C1(OC)CCC1. The number of aryl methyl sites for hydroxylation is 1. The number of rotatable bonds is 8. The zero-order valence-electron chi connectivity index (χ0n) is 12.3. The number of methoxy groups -OCH3 is 1. The standard InChI is InChI=1S/C17H27NO/c1-3-18-16(17(19-2)13-8-14-17)12-7-11-15-9-5-4-6-10-15/h4-6,9-10,16,18H,3,7-8,11-14H2,1-2H3. The molecule has 0 aromatic heterocycles. The van der Waals surface area contributed by atoms with Gasteiger partial charge in [0.05, 0.1) is 5.60 Å². The van der Waals surface area contributed by atoms with Crippen LogP contribution < -0.4 is 5.32 Å². The minimum atomic E-state index is 0.118. The van der Waals surface area contributed by atoms with E-state index in [1.54, 1.807) is 0 Å². The first-order valence-electron chi connectivity index (χ1n) is 7.63. The minimum Gasteiger partial charge on any atom is -0.377 e. The molecule has 2 nitrogen and oxygen atoms in total. The molecule has 19 heavy (non-hydrogen) atoms. The lowest BCUT2D eigenvalue weighted by atomic mass is 9.73. The molecule has 1 aromatic rings. The number of nitrogens with one attached hydrogen (secondary N) is 1. The molecule has 2 heteroatoms. The number of hydrogen-bond donors (Lipinski definition) is 1. The van der Waals surface area contributed by atoms with Crippen molar-refractivity contribution in [2.24, 2.45) is 0 Å². The molecule has 1 N–H and O–H groups in total. The molecule has 0 heterocycles. The lowest BCUT2D eigenvalue weighted by molar-refractivity contribution is -0.0999. The summed E-state index contributed by atoms with van der Waals surface area (Å²) in [6.07, 6.45) is 7.35. The average Bonchev–Trinajstić information content (AvgIpc) is 2.39. The first kappa shape index (κ1) is 14.5. The molecule has 1 aliphatic carbocycles. The van der Waals surface area contributed by atoms with Gasteiger partial charge in [-0.15, -0.1) is 0 Å². The van der Waals surface area contributed by atoms with E-state index in [1.165, 1.54) is 44.1 Å². The summed E-state index contributed by atoms with van der Waals surface area (Å²) in [5.41, 5.74) is 1.56. The summed E-state index contributed by atoms with van der Waals surface area (Å²) in [4.78, 5) is 0. The van der Waals surface area contributed by atoms with Crippen LogP contribution in [0.1, 0.15) is 44.6 Å². The van der Waals surface area contributed by atoms with Gasteiger partial charge in [-0.25, -0.2) is 0 Å². The van der Waals surface area contributed by atoms with Crippen molar-refractivity contribution in [1.82, 2.24) is 5.32 Å². The van der Waals surface area contributed by atoms with Crippen LogP contribution in [-0.4, -0.2) is 25.3 Å². The van der Waals surface area contributed by atoms with Crippen molar-refractivity contribution < 1.29 is 4.74 Å². The second-order valence-electron chi connectivity index (χ2n) is 5.61. The number of likely N-dealkylation sites (N-methyl/N-ethyl adjacent to an activating group) is 1. The van der Waals surface area contributed by atoms with Gasteiger partial charge < -0.3 is 10.1 Å². The van der Waals surface area contributed by atoms with Crippen LogP contribution in [0.2, 0.25) is 0 Å². The van der Waals surface area contributed by atoms with E-state index in [1.807, 2.05) is 7.11 Å². The van der Waals surface area contributed by atoms with Gasteiger partial charge in [-0.1, -0.05) is 37.3 Å². The lowest BCUT2D eigenvalue weighted by Gasteiger charge is -2.47. The Balaban J connectivity index is 1.84.